The van der Waals surface area contributed by atoms with E-state index < -0.39 is 0 Å². The van der Waals surface area contributed by atoms with Crippen LogP contribution in [0, 0.1) is 6.92 Å². The summed E-state index contributed by atoms with van der Waals surface area (Å²) in [6.07, 6.45) is 0.853. The van der Waals surface area contributed by atoms with Gasteiger partial charge >= 0.3 is 0 Å². The van der Waals surface area contributed by atoms with Crippen molar-refractivity contribution in [3.05, 3.63) is 59.7 Å². The number of carbonyl (C=O) groups excluding carboxylic acids is 2. The molecule has 124 valence electrons. The van der Waals surface area contributed by atoms with Crippen LogP contribution >= 0.6 is 0 Å². The van der Waals surface area contributed by atoms with Gasteiger partial charge < -0.3 is 15.0 Å². The highest BCUT2D eigenvalue weighted by atomic mass is 16.5. The van der Waals surface area contributed by atoms with Crippen LogP contribution in [0.25, 0.3) is 0 Å². The number of hydrogen-bond acceptors (Lipinski definition) is 3. The summed E-state index contributed by atoms with van der Waals surface area (Å²) in [5.74, 6) is 0.260. The fourth-order valence-corrected chi connectivity index (χ4v) is 2.78. The summed E-state index contributed by atoms with van der Waals surface area (Å²) in [6, 6.07) is 15.3. The first kappa shape index (κ1) is 16.1. The van der Waals surface area contributed by atoms with E-state index in [0.29, 0.717) is 12.3 Å². The third kappa shape index (κ3) is 3.56. The van der Waals surface area contributed by atoms with E-state index in [1.165, 1.54) is 5.56 Å². The number of hydrogen-bond donors (Lipinski definition) is 1. The maximum absolute atomic E-state index is 12.3. The number of rotatable bonds is 5. The molecule has 3 rings (SSSR count). The molecule has 0 radical (unpaired) electrons. The molecule has 0 saturated heterocycles. The van der Waals surface area contributed by atoms with Crippen molar-refractivity contribution < 1.29 is 14.3 Å². The summed E-state index contributed by atoms with van der Waals surface area (Å²) in [5, 5.41) is 2.62. The molecule has 0 saturated carbocycles. The number of carbonyl (C=O) groups is 2. The first-order valence-corrected chi connectivity index (χ1v) is 7.98. The zero-order valence-corrected chi connectivity index (χ0v) is 13.6. The minimum atomic E-state index is -0.306. The molecule has 0 bridgehead atoms. The molecule has 1 heterocycles. The molecule has 2 aromatic rings. The van der Waals surface area contributed by atoms with E-state index >= 15 is 0 Å². The highest BCUT2D eigenvalue weighted by Crippen LogP contribution is 2.27. The standard InChI is InChI=1S/C19H20N2O3/c1-14-6-2-5-9-17(14)24-13-18(22)20-12-19(23)21-11-10-15-7-3-4-8-16(15)21/h2-9H,10-13H2,1H3,(H,20,22). The average Bonchev–Trinajstić information content (AvgIpc) is 3.03. The number of ether oxygens (including phenoxy) is 1. The molecule has 0 fully saturated rings. The van der Waals surface area contributed by atoms with Crippen LogP contribution in [-0.4, -0.2) is 31.5 Å². The summed E-state index contributed by atoms with van der Waals surface area (Å²) in [4.78, 5) is 25.9. The van der Waals surface area contributed by atoms with Gasteiger partial charge in [-0.3, -0.25) is 9.59 Å². The monoisotopic (exact) mass is 324 g/mol. The summed E-state index contributed by atoms with van der Waals surface area (Å²) >= 11 is 0. The summed E-state index contributed by atoms with van der Waals surface area (Å²) in [5.41, 5.74) is 3.07. The molecule has 1 N–H and O–H groups in total. The number of amides is 2. The Morgan fingerprint density at radius 3 is 2.71 bits per heavy atom. The van der Waals surface area contributed by atoms with Crippen molar-refractivity contribution in [2.45, 2.75) is 13.3 Å². The SMILES string of the molecule is Cc1ccccc1OCC(=O)NCC(=O)N1CCc2ccccc21. The Hall–Kier alpha value is -2.82. The molecular formula is C19H20N2O3. The lowest BCUT2D eigenvalue weighted by molar-refractivity contribution is -0.126. The van der Waals surface area contributed by atoms with Gasteiger partial charge in [-0.2, -0.15) is 0 Å². The van der Waals surface area contributed by atoms with Crippen molar-refractivity contribution in [1.82, 2.24) is 5.32 Å². The van der Waals surface area contributed by atoms with Crippen LogP contribution in [0.3, 0.4) is 0 Å². The quantitative estimate of drug-likeness (QED) is 0.916. The molecular weight excluding hydrogens is 304 g/mol. The Bertz CT molecular complexity index is 758. The number of fused-ring (bicyclic) bond motifs is 1. The van der Waals surface area contributed by atoms with E-state index in [1.807, 2.05) is 55.5 Å². The largest absolute Gasteiger partial charge is 0.484 e. The molecule has 0 aliphatic carbocycles. The second-order valence-electron chi connectivity index (χ2n) is 5.75. The van der Waals surface area contributed by atoms with Gasteiger partial charge in [0.05, 0.1) is 6.54 Å². The third-order valence-corrected chi connectivity index (χ3v) is 4.08. The molecule has 0 spiro atoms. The lowest BCUT2D eigenvalue weighted by atomic mass is 10.2. The Kier molecular flexibility index (Phi) is 4.79. The molecule has 1 aliphatic rings. The Balaban J connectivity index is 1.48. The maximum atomic E-state index is 12.3. The number of anilines is 1. The topological polar surface area (TPSA) is 58.6 Å². The minimum Gasteiger partial charge on any atom is -0.484 e. The number of benzene rings is 2. The molecule has 2 aromatic carbocycles. The van der Waals surface area contributed by atoms with E-state index in [2.05, 4.69) is 5.32 Å². The summed E-state index contributed by atoms with van der Waals surface area (Å²) < 4.78 is 5.48. The molecule has 5 nitrogen and oxygen atoms in total. The molecule has 0 unspecified atom stereocenters. The van der Waals surface area contributed by atoms with E-state index in [-0.39, 0.29) is 25.0 Å². The van der Waals surface area contributed by atoms with Gasteiger partial charge in [-0.15, -0.1) is 0 Å². The van der Waals surface area contributed by atoms with Crippen molar-refractivity contribution >= 4 is 17.5 Å². The third-order valence-electron chi connectivity index (χ3n) is 4.08. The molecule has 0 atom stereocenters. The number of nitrogens with one attached hydrogen (secondary N) is 1. The van der Waals surface area contributed by atoms with Crippen molar-refractivity contribution in [2.75, 3.05) is 24.6 Å². The smallest absolute Gasteiger partial charge is 0.258 e. The number of nitrogens with zero attached hydrogens (tertiary/aromatic N) is 1. The normalized spacial score (nSPS) is 12.6. The van der Waals surface area contributed by atoms with Gasteiger partial charge in [0.15, 0.2) is 6.61 Å². The lowest BCUT2D eigenvalue weighted by Crippen LogP contribution is -2.41. The van der Waals surface area contributed by atoms with E-state index in [1.54, 1.807) is 4.90 Å². The fourth-order valence-electron chi connectivity index (χ4n) is 2.78. The first-order valence-electron chi connectivity index (χ1n) is 7.98. The second kappa shape index (κ2) is 7.17. The lowest BCUT2D eigenvalue weighted by Gasteiger charge is -2.17. The molecule has 0 aromatic heterocycles. The van der Waals surface area contributed by atoms with Crippen molar-refractivity contribution in [3.8, 4) is 5.75 Å². The van der Waals surface area contributed by atoms with Gasteiger partial charge in [0.1, 0.15) is 5.75 Å². The molecule has 5 heteroatoms. The predicted molar refractivity (Wildman–Crippen MR) is 92.2 cm³/mol. The minimum absolute atomic E-state index is 0.0235. The fraction of sp³-hybridized carbons (Fsp3) is 0.263. The van der Waals surface area contributed by atoms with E-state index in [4.69, 9.17) is 4.74 Å². The predicted octanol–water partition coefficient (Wildman–Crippen LogP) is 2.08. The van der Waals surface area contributed by atoms with Gasteiger partial charge in [0, 0.05) is 12.2 Å². The molecule has 2 amide bonds. The summed E-state index contributed by atoms with van der Waals surface area (Å²) in [6.45, 7) is 2.45. The van der Waals surface area contributed by atoms with Gasteiger partial charge in [-0.05, 0) is 36.6 Å². The highest BCUT2D eigenvalue weighted by molar-refractivity contribution is 5.98. The Morgan fingerprint density at radius 2 is 1.88 bits per heavy atom. The van der Waals surface area contributed by atoms with Crippen molar-refractivity contribution in [2.24, 2.45) is 0 Å². The van der Waals surface area contributed by atoms with Gasteiger partial charge in [-0.25, -0.2) is 0 Å². The Morgan fingerprint density at radius 1 is 1.12 bits per heavy atom. The maximum Gasteiger partial charge on any atom is 0.258 e. The zero-order chi connectivity index (χ0) is 16.9. The van der Waals surface area contributed by atoms with Gasteiger partial charge in [-0.1, -0.05) is 36.4 Å². The van der Waals surface area contributed by atoms with E-state index in [0.717, 1.165) is 17.7 Å². The van der Waals surface area contributed by atoms with Crippen LogP contribution in [0.1, 0.15) is 11.1 Å². The van der Waals surface area contributed by atoms with Crippen LogP contribution in [0.15, 0.2) is 48.5 Å². The van der Waals surface area contributed by atoms with Crippen LogP contribution in [0.2, 0.25) is 0 Å². The van der Waals surface area contributed by atoms with Gasteiger partial charge in [0.25, 0.3) is 5.91 Å². The zero-order valence-electron chi connectivity index (χ0n) is 13.6. The molecule has 1 aliphatic heterocycles. The number of para-hydroxylation sites is 2. The van der Waals surface area contributed by atoms with Gasteiger partial charge in [0.2, 0.25) is 5.91 Å². The highest BCUT2D eigenvalue weighted by Gasteiger charge is 2.24. The second-order valence-corrected chi connectivity index (χ2v) is 5.75. The van der Waals surface area contributed by atoms with E-state index in [9.17, 15) is 9.59 Å². The van der Waals surface area contributed by atoms with Crippen LogP contribution in [-0.2, 0) is 16.0 Å². The van der Waals surface area contributed by atoms with Crippen LogP contribution in [0.4, 0.5) is 5.69 Å². The van der Waals surface area contributed by atoms with Crippen molar-refractivity contribution in [1.29, 1.82) is 0 Å². The first-order chi connectivity index (χ1) is 11.6. The number of aryl methyl sites for hydroxylation is 1. The Labute approximate surface area is 141 Å². The molecule has 24 heavy (non-hydrogen) atoms. The summed E-state index contributed by atoms with van der Waals surface area (Å²) in [7, 11) is 0. The van der Waals surface area contributed by atoms with Crippen LogP contribution in [0.5, 0.6) is 5.75 Å². The van der Waals surface area contributed by atoms with Crippen LogP contribution < -0.4 is 15.0 Å². The van der Waals surface area contributed by atoms with Crippen molar-refractivity contribution in [3.63, 3.8) is 0 Å². The average molecular weight is 324 g/mol.